The first-order chi connectivity index (χ1) is 8.01. The lowest BCUT2D eigenvalue weighted by atomic mass is 10.2. The highest BCUT2D eigenvalue weighted by Gasteiger charge is 2.26. The lowest BCUT2D eigenvalue weighted by Gasteiger charge is -2.26. The van der Waals surface area contributed by atoms with E-state index in [0.29, 0.717) is 18.0 Å². The van der Waals surface area contributed by atoms with Crippen LogP contribution in [0.25, 0.3) is 0 Å². The van der Waals surface area contributed by atoms with Gasteiger partial charge in [-0.1, -0.05) is 29.8 Å². The molecule has 17 heavy (non-hydrogen) atoms. The van der Waals surface area contributed by atoms with Crippen molar-refractivity contribution in [2.45, 2.75) is 25.2 Å². The summed E-state index contributed by atoms with van der Waals surface area (Å²) in [6.45, 7) is 4.89. The van der Waals surface area contributed by atoms with E-state index >= 15 is 0 Å². The van der Waals surface area contributed by atoms with Crippen LogP contribution in [-0.2, 0) is 10.0 Å². The maximum Gasteiger partial charge on any atom is 0.243 e. The molecule has 1 aliphatic heterocycles. The number of rotatable bonds is 2. The van der Waals surface area contributed by atoms with Crippen LogP contribution in [0.15, 0.2) is 40.8 Å². The van der Waals surface area contributed by atoms with Crippen LogP contribution in [0.5, 0.6) is 0 Å². The van der Waals surface area contributed by atoms with Gasteiger partial charge < -0.3 is 0 Å². The van der Waals surface area contributed by atoms with E-state index < -0.39 is 10.0 Å². The number of hydrogen-bond acceptors (Lipinski definition) is 2. The van der Waals surface area contributed by atoms with Gasteiger partial charge in [-0.3, -0.25) is 0 Å². The molecule has 0 spiro atoms. The molecule has 0 aromatic heterocycles. The van der Waals surface area contributed by atoms with Crippen molar-refractivity contribution in [1.82, 2.24) is 4.31 Å². The van der Waals surface area contributed by atoms with Crippen LogP contribution >= 0.6 is 0 Å². The molecule has 0 bridgehead atoms. The molecule has 1 aliphatic rings. The number of nitrogens with zero attached hydrogens (tertiary/aromatic N) is 1. The number of benzene rings is 1. The van der Waals surface area contributed by atoms with Crippen molar-refractivity contribution >= 4 is 10.0 Å². The van der Waals surface area contributed by atoms with Crippen molar-refractivity contribution in [3.8, 4) is 0 Å². The summed E-state index contributed by atoms with van der Waals surface area (Å²) in [5.41, 5.74) is 1.92. The minimum Gasteiger partial charge on any atom is -0.207 e. The highest BCUT2D eigenvalue weighted by Crippen LogP contribution is 2.22. The summed E-state index contributed by atoms with van der Waals surface area (Å²) in [5, 5.41) is 0. The predicted octanol–water partition coefficient (Wildman–Crippen LogP) is 2.34. The maximum atomic E-state index is 12.5. The second-order valence-electron chi connectivity index (χ2n) is 4.44. The Kier molecular flexibility index (Phi) is 3.35. The summed E-state index contributed by atoms with van der Waals surface area (Å²) in [5.74, 6) is 0. The summed E-state index contributed by atoms with van der Waals surface area (Å²) in [6, 6.07) is 7.14. The molecule has 1 heterocycles. The van der Waals surface area contributed by atoms with Crippen LogP contribution in [0, 0.1) is 6.92 Å². The Morgan fingerprint density at radius 1 is 1.18 bits per heavy atom. The summed E-state index contributed by atoms with van der Waals surface area (Å²) in [7, 11) is -3.33. The molecule has 0 amide bonds. The van der Waals surface area contributed by atoms with E-state index in [1.54, 1.807) is 16.4 Å². The number of sulfonamides is 1. The molecule has 0 saturated heterocycles. The summed E-state index contributed by atoms with van der Waals surface area (Å²) >= 11 is 0. The Labute approximate surface area is 103 Å². The summed E-state index contributed by atoms with van der Waals surface area (Å²) in [6.07, 6.45) is 2.90. The van der Waals surface area contributed by atoms with Crippen molar-refractivity contribution in [3.63, 3.8) is 0 Å². The molecule has 0 unspecified atom stereocenters. The van der Waals surface area contributed by atoms with Gasteiger partial charge in [0.1, 0.15) is 0 Å². The fourth-order valence-electron chi connectivity index (χ4n) is 2.07. The van der Waals surface area contributed by atoms with Crippen molar-refractivity contribution in [2.75, 3.05) is 13.1 Å². The SMILES string of the molecule is CC1=CCCN(S(=O)(=O)c2ccccc2C)C1. The van der Waals surface area contributed by atoms with Crippen molar-refractivity contribution in [1.29, 1.82) is 0 Å². The maximum absolute atomic E-state index is 12.5. The smallest absolute Gasteiger partial charge is 0.207 e. The lowest BCUT2D eigenvalue weighted by molar-refractivity contribution is 0.427. The van der Waals surface area contributed by atoms with Gasteiger partial charge in [0.2, 0.25) is 10.0 Å². The molecule has 0 radical (unpaired) electrons. The van der Waals surface area contributed by atoms with E-state index in [0.717, 1.165) is 17.6 Å². The average molecular weight is 251 g/mol. The second-order valence-corrected chi connectivity index (χ2v) is 6.35. The molecule has 2 rings (SSSR count). The van der Waals surface area contributed by atoms with Crippen LogP contribution < -0.4 is 0 Å². The first-order valence-corrected chi connectivity index (χ1v) is 7.17. The van der Waals surface area contributed by atoms with E-state index in [4.69, 9.17) is 0 Å². The zero-order valence-electron chi connectivity index (χ0n) is 10.2. The number of aryl methyl sites for hydroxylation is 1. The van der Waals surface area contributed by atoms with Crippen LogP contribution in [0.4, 0.5) is 0 Å². The fourth-order valence-corrected chi connectivity index (χ4v) is 3.79. The fraction of sp³-hybridized carbons (Fsp3) is 0.385. The zero-order valence-corrected chi connectivity index (χ0v) is 11.0. The molecule has 1 aromatic carbocycles. The van der Waals surface area contributed by atoms with Gasteiger partial charge in [0.05, 0.1) is 4.90 Å². The Morgan fingerprint density at radius 2 is 1.88 bits per heavy atom. The summed E-state index contributed by atoms with van der Waals surface area (Å²) in [4.78, 5) is 0.426. The van der Waals surface area contributed by atoms with Crippen molar-refractivity contribution in [2.24, 2.45) is 0 Å². The first kappa shape index (κ1) is 12.3. The van der Waals surface area contributed by atoms with Crippen LogP contribution in [0.3, 0.4) is 0 Å². The second kappa shape index (κ2) is 4.63. The number of hydrogen-bond donors (Lipinski definition) is 0. The highest BCUT2D eigenvalue weighted by atomic mass is 32.2. The minimum atomic E-state index is -3.33. The molecule has 0 atom stereocenters. The summed E-state index contributed by atoms with van der Waals surface area (Å²) < 4.78 is 26.5. The van der Waals surface area contributed by atoms with E-state index in [-0.39, 0.29) is 0 Å². The molecular weight excluding hydrogens is 234 g/mol. The van der Waals surface area contributed by atoms with E-state index in [1.165, 1.54) is 0 Å². The first-order valence-electron chi connectivity index (χ1n) is 5.73. The minimum absolute atomic E-state index is 0.426. The molecule has 0 fully saturated rings. The molecule has 92 valence electrons. The van der Waals surface area contributed by atoms with Crippen LogP contribution in [0.2, 0.25) is 0 Å². The van der Waals surface area contributed by atoms with Gasteiger partial charge >= 0.3 is 0 Å². The third-order valence-electron chi connectivity index (χ3n) is 3.01. The Balaban J connectivity index is 2.38. The molecule has 4 heteroatoms. The Morgan fingerprint density at radius 3 is 2.53 bits per heavy atom. The monoisotopic (exact) mass is 251 g/mol. The Hall–Kier alpha value is -1.13. The third kappa shape index (κ3) is 2.42. The van der Waals surface area contributed by atoms with Gasteiger partial charge in [-0.2, -0.15) is 4.31 Å². The standard InChI is InChI=1S/C13H17NO2S/c1-11-6-5-9-14(10-11)17(15,16)13-8-4-3-7-12(13)2/h3-4,6-8H,5,9-10H2,1-2H3. The Bertz CT molecular complexity index is 546. The molecule has 0 N–H and O–H groups in total. The van der Waals surface area contributed by atoms with Crippen molar-refractivity contribution < 1.29 is 8.42 Å². The van der Waals surface area contributed by atoms with Gasteiger partial charge in [0, 0.05) is 13.1 Å². The normalized spacial score (nSPS) is 17.9. The zero-order chi connectivity index (χ0) is 12.5. The van der Waals surface area contributed by atoms with Gasteiger partial charge in [-0.25, -0.2) is 8.42 Å². The molecule has 0 saturated carbocycles. The van der Waals surface area contributed by atoms with Crippen molar-refractivity contribution in [3.05, 3.63) is 41.5 Å². The molecule has 0 aliphatic carbocycles. The molecule has 1 aromatic rings. The quantitative estimate of drug-likeness (QED) is 0.757. The molecular formula is C13H17NO2S. The largest absolute Gasteiger partial charge is 0.243 e. The van der Waals surface area contributed by atoms with Gasteiger partial charge in [0.15, 0.2) is 0 Å². The lowest BCUT2D eigenvalue weighted by Crippen LogP contribution is -2.35. The van der Waals surface area contributed by atoms with Gasteiger partial charge in [0.25, 0.3) is 0 Å². The predicted molar refractivity (Wildman–Crippen MR) is 68.3 cm³/mol. The molecule has 3 nitrogen and oxygen atoms in total. The van der Waals surface area contributed by atoms with Crippen LogP contribution in [-0.4, -0.2) is 25.8 Å². The third-order valence-corrected chi connectivity index (χ3v) is 5.01. The van der Waals surface area contributed by atoms with Gasteiger partial charge in [-0.05, 0) is 31.9 Å². The van der Waals surface area contributed by atoms with Gasteiger partial charge in [-0.15, -0.1) is 0 Å². The average Bonchev–Trinajstić information content (AvgIpc) is 2.29. The van der Waals surface area contributed by atoms with E-state index in [9.17, 15) is 8.42 Å². The van der Waals surface area contributed by atoms with E-state index in [2.05, 4.69) is 6.08 Å². The van der Waals surface area contributed by atoms with E-state index in [1.807, 2.05) is 26.0 Å². The van der Waals surface area contributed by atoms with Crippen LogP contribution in [0.1, 0.15) is 18.9 Å². The topological polar surface area (TPSA) is 37.4 Å². The highest BCUT2D eigenvalue weighted by molar-refractivity contribution is 7.89.